The summed E-state index contributed by atoms with van der Waals surface area (Å²) in [6.07, 6.45) is -0.605. The predicted molar refractivity (Wildman–Crippen MR) is 134 cm³/mol. The van der Waals surface area contributed by atoms with E-state index in [1.807, 2.05) is 68.4 Å². The van der Waals surface area contributed by atoms with Crippen LogP contribution in [0.4, 0.5) is 4.79 Å². The summed E-state index contributed by atoms with van der Waals surface area (Å²) in [5.74, 6) is 1.19. The number of amides is 1. The monoisotopic (exact) mass is 474 g/mol. The first-order valence-electron chi connectivity index (χ1n) is 11.3. The lowest BCUT2D eigenvalue weighted by atomic mass is 9.73. The van der Waals surface area contributed by atoms with Crippen molar-refractivity contribution < 1.29 is 19.0 Å². The minimum Gasteiger partial charge on any atom is -0.497 e. The Kier molecular flexibility index (Phi) is 8.59. The topological polar surface area (TPSA) is 106 Å². The van der Waals surface area contributed by atoms with Gasteiger partial charge in [0.1, 0.15) is 23.6 Å². The fraction of sp³-hybridized carbons (Fsp3) is 0.296. The molecule has 0 heterocycles. The SMILES string of the molecule is COc1ccc(C(N=[N+]=[N-])(c2ccc(OC)cc2)[C@@H](NC(=O)OCc2ccccc2)C(C)C)cc1. The van der Waals surface area contributed by atoms with Crippen molar-refractivity contribution in [1.82, 2.24) is 5.32 Å². The maximum Gasteiger partial charge on any atom is 0.407 e. The highest BCUT2D eigenvalue weighted by Crippen LogP contribution is 2.41. The van der Waals surface area contributed by atoms with Gasteiger partial charge in [0.2, 0.25) is 0 Å². The summed E-state index contributed by atoms with van der Waals surface area (Å²) in [4.78, 5) is 16.2. The zero-order chi connectivity index (χ0) is 25.3. The Morgan fingerprint density at radius 1 is 0.914 bits per heavy atom. The molecule has 8 heteroatoms. The van der Waals surface area contributed by atoms with Crippen LogP contribution < -0.4 is 14.8 Å². The van der Waals surface area contributed by atoms with Crippen LogP contribution in [-0.4, -0.2) is 26.4 Å². The Labute approximate surface area is 205 Å². The van der Waals surface area contributed by atoms with Crippen LogP contribution in [0.15, 0.2) is 84.0 Å². The summed E-state index contributed by atoms with van der Waals surface area (Å²) in [6.45, 7) is 4.03. The van der Waals surface area contributed by atoms with Crippen LogP contribution in [0.2, 0.25) is 0 Å². The molecule has 3 rings (SSSR count). The number of nitrogens with zero attached hydrogens (tertiary/aromatic N) is 3. The molecular weight excluding hydrogens is 444 g/mol. The zero-order valence-electron chi connectivity index (χ0n) is 20.3. The molecule has 0 saturated carbocycles. The van der Waals surface area contributed by atoms with Crippen LogP contribution in [0.1, 0.15) is 30.5 Å². The molecule has 0 saturated heterocycles. The Bertz CT molecular complexity index is 1090. The molecule has 3 aromatic rings. The van der Waals surface area contributed by atoms with Gasteiger partial charge in [0.05, 0.1) is 20.3 Å². The third-order valence-corrected chi connectivity index (χ3v) is 5.87. The van der Waals surface area contributed by atoms with E-state index >= 15 is 0 Å². The number of methoxy groups -OCH3 is 2. The first-order valence-corrected chi connectivity index (χ1v) is 11.3. The van der Waals surface area contributed by atoms with Gasteiger partial charge < -0.3 is 19.5 Å². The van der Waals surface area contributed by atoms with Gasteiger partial charge in [0.25, 0.3) is 0 Å². The van der Waals surface area contributed by atoms with E-state index in [0.717, 1.165) is 5.56 Å². The smallest absolute Gasteiger partial charge is 0.407 e. The van der Waals surface area contributed by atoms with Gasteiger partial charge in [-0.25, -0.2) is 4.79 Å². The van der Waals surface area contributed by atoms with Crippen LogP contribution in [-0.2, 0) is 16.9 Å². The molecule has 8 nitrogen and oxygen atoms in total. The summed E-state index contributed by atoms with van der Waals surface area (Å²) in [7, 11) is 3.17. The molecule has 0 radical (unpaired) electrons. The second kappa shape index (κ2) is 11.8. The highest BCUT2D eigenvalue weighted by atomic mass is 16.5. The van der Waals surface area contributed by atoms with Crippen LogP contribution in [0, 0.1) is 5.92 Å². The molecule has 0 bridgehead atoms. The van der Waals surface area contributed by atoms with Crippen molar-refractivity contribution >= 4 is 6.09 Å². The lowest BCUT2D eigenvalue weighted by Gasteiger charge is -2.40. The van der Waals surface area contributed by atoms with Gasteiger partial charge in [0.15, 0.2) is 0 Å². The fourth-order valence-corrected chi connectivity index (χ4v) is 4.11. The van der Waals surface area contributed by atoms with Crippen LogP contribution in [0.25, 0.3) is 10.4 Å². The molecule has 35 heavy (non-hydrogen) atoms. The Balaban J connectivity index is 2.06. The van der Waals surface area contributed by atoms with E-state index in [4.69, 9.17) is 14.2 Å². The van der Waals surface area contributed by atoms with E-state index < -0.39 is 17.7 Å². The molecule has 1 atom stereocenters. The minimum absolute atomic E-state index is 0.122. The van der Waals surface area contributed by atoms with Crippen molar-refractivity contribution in [1.29, 1.82) is 0 Å². The summed E-state index contributed by atoms with van der Waals surface area (Å²) >= 11 is 0. The summed E-state index contributed by atoms with van der Waals surface area (Å²) in [5, 5.41) is 7.31. The molecule has 0 unspecified atom stereocenters. The maximum absolute atomic E-state index is 12.9. The quantitative estimate of drug-likeness (QED) is 0.214. The molecule has 182 valence electrons. The number of rotatable bonds is 10. The molecule has 1 N–H and O–H groups in total. The van der Waals surface area contributed by atoms with Crippen LogP contribution in [0.3, 0.4) is 0 Å². The van der Waals surface area contributed by atoms with E-state index in [0.29, 0.717) is 22.6 Å². The molecule has 0 aromatic heterocycles. The second-order valence-corrected chi connectivity index (χ2v) is 8.34. The van der Waals surface area contributed by atoms with Gasteiger partial charge >= 0.3 is 6.09 Å². The van der Waals surface area contributed by atoms with Gasteiger partial charge in [-0.3, -0.25) is 0 Å². The number of alkyl carbamates (subject to hydrolysis) is 1. The summed E-state index contributed by atoms with van der Waals surface area (Å²) < 4.78 is 16.1. The lowest BCUT2D eigenvalue weighted by Crippen LogP contribution is -2.53. The highest BCUT2D eigenvalue weighted by Gasteiger charge is 2.44. The van der Waals surface area contributed by atoms with Crippen molar-refractivity contribution in [2.45, 2.75) is 32.0 Å². The Hall–Kier alpha value is -4.16. The highest BCUT2D eigenvalue weighted by molar-refractivity contribution is 5.68. The summed E-state index contributed by atoms with van der Waals surface area (Å²) in [6, 6.07) is 23.3. The third kappa shape index (κ3) is 5.86. The molecule has 0 aliphatic carbocycles. The minimum atomic E-state index is -1.27. The van der Waals surface area contributed by atoms with Crippen LogP contribution in [0.5, 0.6) is 11.5 Å². The number of nitrogens with one attached hydrogen (secondary N) is 1. The average molecular weight is 475 g/mol. The molecule has 0 aliphatic rings. The number of hydrogen-bond donors (Lipinski definition) is 1. The van der Waals surface area contributed by atoms with Gasteiger partial charge in [-0.05, 0) is 52.4 Å². The van der Waals surface area contributed by atoms with Crippen molar-refractivity contribution in [2.75, 3.05) is 14.2 Å². The molecule has 0 spiro atoms. The van der Waals surface area contributed by atoms with Crippen LogP contribution >= 0.6 is 0 Å². The molecule has 3 aromatic carbocycles. The van der Waals surface area contributed by atoms with E-state index in [9.17, 15) is 10.3 Å². The Morgan fingerprint density at radius 3 is 1.86 bits per heavy atom. The van der Waals surface area contributed by atoms with Gasteiger partial charge in [-0.2, -0.15) is 0 Å². The Morgan fingerprint density at radius 2 is 1.43 bits per heavy atom. The number of carbonyl (C=O) groups is 1. The number of benzene rings is 3. The van der Waals surface area contributed by atoms with E-state index in [2.05, 4.69) is 15.3 Å². The van der Waals surface area contributed by atoms with Gasteiger partial charge in [-0.15, -0.1) is 0 Å². The number of hydrogen-bond acceptors (Lipinski definition) is 5. The standard InChI is InChI=1S/C27H30N4O4/c1-19(2)25(29-26(32)35-18-20-8-6-5-7-9-20)27(30-31-28,21-10-14-23(33-3)15-11-21)22-12-16-24(34-4)17-13-22/h5-17,19,25H,18H2,1-4H3,(H,29,32)/t25-/m0/s1. The lowest BCUT2D eigenvalue weighted by molar-refractivity contribution is 0.126. The summed E-state index contributed by atoms with van der Waals surface area (Å²) in [5.41, 5.74) is 10.7. The zero-order valence-corrected chi connectivity index (χ0v) is 20.3. The molecule has 0 fully saturated rings. The molecule has 1 amide bonds. The fourth-order valence-electron chi connectivity index (χ4n) is 4.11. The van der Waals surface area contributed by atoms with Crippen molar-refractivity contribution in [3.63, 3.8) is 0 Å². The second-order valence-electron chi connectivity index (χ2n) is 8.34. The van der Waals surface area contributed by atoms with Gasteiger partial charge in [-0.1, -0.05) is 73.6 Å². The number of carbonyl (C=O) groups excluding carboxylic acids is 1. The molecule has 0 aliphatic heterocycles. The molecular formula is C27H30N4O4. The average Bonchev–Trinajstić information content (AvgIpc) is 2.90. The first kappa shape index (κ1) is 25.5. The predicted octanol–water partition coefficient (Wildman–Crippen LogP) is 6.21. The van der Waals surface area contributed by atoms with E-state index in [1.54, 1.807) is 38.5 Å². The first-order chi connectivity index (χ1) is 16.9. The van der Waals surface area contributed by atoms with Crippen molar-refractivity contribution in [2.24, 2.45) is 11.0 Å². The van der Waals surface area contributed by atoms with E-state index in [1.165, 1.54) is 0 Å². The van der Waals surface area contributed by atoms with Crippen molar-refractivity contribution in [3.8, 4) is 11.5 Å². The van der Waals surface area contributed by atoms with Gasteiger partial charge in [0, 0.05) is 4.91 Å². The number of azide groups is 1. The normalized spacial score (nSPS) is 11.8. The van der Waals surface area contributed by atoms with E-state index in [-0.39, 0.29) is 12.5 Å². The largest absolute Gasteiger partial charge is 0.497 e. The van der Waals surface area contributed by atoms with Crippen molar-refractivity contribution in [3.05, 3.63) is 106 Å². The third-order valence-electron chi connectivity index (χ3n) is 5.87. The number of ether oxygens (including phenoxy) is 3. The maximum atomic E-state index is 12.9.